The van der Waals surface area contributed by atoms with E-state index in [1.807, 2.05) is 25.8 Å². The average Bonchev–Trinajstić information content (AvgIpc) is 1.79. The summed E-state index contributed by atoms with van der Waals surface area (Å²) in [6.07, 6.45) is 0.989. The van der Waals surface area contributed by atoms with Crippen LogP contribution in [0.2, 0.25) is 0 Å². The van der Waals surface area contributed by atoms with E-state index < -0.39 is 0 Å². The van der Waals surface area contributed by atoms with Crippen molar-refractivity contribution in [1.82, 2.24) is 4.90 Å². The van der Waals surface area contributed by atoms with Crippen LogP contribution in [-0.2, 0) is 4.79 Å². The maximum absolute atomic E-state index is 11.7. The molecule has 12 heavy (non-hydrogen) atoms. The molecule has 1 amide bonds. The number of amides is 1. The lowest BCUT2D eigenvalue weighted by Crippen LogP contribution is -2.50. The Morgan fingerprint density at radius 1 is 1.25 bits per heavy atom. The van der Waals surface area contributed by atoms with E-state index in [4.69, 9.17) is 0 Å². The highest BCUT2D eigenvalue weighted by Gasteiger charge is 2.42. The lowest BCUT2D eigenvalue weighted by molar-refractivity contribution is -0.147. The third-order valence-corrected chi connectivity index (χ3v) is 2.51. The predicted octanol–water partition coefficient (Wildman–Crippen LogP) is 1.90. The van der Waals surface area contributed by atoms with Gasteiger partial charge in [-0.25, -0.2) is 0 Å². The van der Waals surface area contributed by atoms with Gasteiger partial charge in [-0.05, 0) is 11.8 Å². The molecular weight excluding hydrogens is 150 g/mol. The zero-order chi connectivity index (χ0) is 9.57. The van der Waals surface area contributed by atoms with E-state index in [-0.39, 0.29) is 16.7 Å². The smallest absolute Gasteiger partial charge is 0.228 e. The third kappa shape index (κ3) is 1.62. The summed E-state index contributed by atoms with van der Waals surface area (Å²) in [7, 11) is 1.89. The van der Waals surface area contributed by atoms with E-state index in [2.05, 4.69) is 13.8 Å². The molecule has 0 spiro atoms. The highest BCUT2D eigenvalue weighted by atomic mass is 16.2. The molecule has 0 unspecified atom stereocenters. The van der Waals surface area contributed by atoms with Crippen LogP contribution in [0.5, 0.6) is 0 Å². The summed E-state index contributed by atoms with van der Waals surface area (Å²) in [5, 5.41) is 0. The van der Waals surface area contributed by atoms with E-state index >= 15 is 0 Å². The Hall–Kier alpha value is -0.530. The Morgan fingerprint density at radius 2 is 1.75 bits per heavy atom. The molecule has 0 aromatic rings. The van der Waals surface area contributed by atoms with Crippen LogP contribution in [0.25, 0.3) is 0 Å². The SMILES string of the molecule is CN1CC(C)(C)CC(C)(C)C1=O. The molecule has 0 N–H and O–H groups in total. The van der Waals surface area contributed by atoms with Crippen molar-refractivity contribution in [1.29, 1.82) is 0 Å². The van der Waals surface area contributed by atoms with Crippen LogP contribution in [0.1, 0.15) is 34.1 Å². The highest BCUT2D eigenvalue weighted by molar-refractivity contribution is 5.82. The molecule has 0 bridgehead atoms. The van der Waals surface area contributed by atoms with Crippen LogP contribution in [-0.4, -0.2) is 24.4 Å². The molecule has 0 atom stereocenters. The first-order valence-corrected chi connectivity index (χ1v) is 4.50. The molecule has 2 heteroatoms. The Kier molecular flexibility index (Phi) is 1.97. The van der Waals surface area contributed by atoms with Crippen molar-refractivity contribution in [2.24, 2.45) is 10.8 Å². The second-order valence-electron chi connectivity index (χ2n) is 5.39. The van der Waals surface area contributed by atoms with E-state index in [1.54, 1.807) is 0 Å². The van der Waals surface area contributed by atoms with Crippen LogP contribution in [0.15, 0.2) is 0 Å². The molecule has 0 aliphatic carbocycles. The Labute approximate surface area is 74.9 Å². The Morgan fingerprint density at radius 3 is 2.17 bits per heavy atom. The molecule has 0 radical (unpaired) electrons. The second-order valence-corrected chi connectivity index (χ2v) is 5.39. The molecule has 1 aliphatic rings. The van der Waals surface area contributed by atoms with Crippen molar-refractivity contribution in [3.8, 4) is 0 Å². The van der Waals surface area contributed by atoms with Gasteiger partial charge in [0.2, 0.25) is 5.91 Å². The van der Waals surface area contributed by atoms with Crippen molar-refractivity contribution in [2.75, 3.05) is 13.6 Å². The second kappa shape index (κ2) is 2.48. The summed E-state index contributed by atoms with van der Waals surface area (Å²) < 4.78 is 0. The summed E-state index contributed by atoms with van der Waals surface area (Å²) >= 11 is 0. The lowest BCUT2D eigenvalue weighted by atomic mass is 9.71. The number of carbonyl (C=O) groups excluding carboxylic acids is 1. The van der Waals surface area contributed by atoms with E-state index in [9.17, 15) is 4.79 Å². The van der Waals surface area contributed by atoms with Crippen molar-refractivity contribution in [3.63, 3.8) is 0 Å². The van der Waals surface area contributed by atoms with Gasteiger partial charge in [0.15, 0.2) is 0 Å². The van der Waals surface area contributed by atoms with Crippen LogP contribution in [0.4, 0.5) is 0 Å². The van der Waals surface area contributed by atoms with Crippen molar-refractivity contribution in [3.05, 3.63) is 0 Å². The summed E-state index contributed by atoms with van der Waals surface area (Å²) in [5.74, 6) is 0.279. The molecule has 0 aromatic heterocycles. The molecule has 1 aliphatic heterocycles. The topological polar surface area (TPSA) is 20.3 Å². The zero-order valence-corrected chi connectivity index (χ0v) is 8.77. The maximum Gasteiger partial charge on any atom is 0.228 e. The Balaban J connectivity index is 2.87. The summed E-state index contributed by atoms with van der Waals surface area (Å²) in [6.45, 7) is 9.39. The molecule has 0 aromatic carbocycles. The number of piperidine rings is 1. The zero-order valence-electron chi connectivity index (χ0n) is 8.77. The van der Waals surface area contributed by atoms with Crippen LogP contribution >= 0.6 is 0 Å². The van der Waals surface area contributed by atoms with Gasteiger partial charge in [-0.3, -0.25) is 4.79 Å². The lowest BCUT2D eigenvalue weighted by Gasteiger charge is -2.44. The molecular formula is C10H19NO. The molecule has 2 nitrogen and oxygen atoms in total. The number of hydrogen-bond acceptors (Lipinski definition) is 1. The Bertz CT molecular complexity index is 206. The number of rotatable bonds is 0. The molecule has 1 fully saturated rings. The number of nitrogens with zero attached hydrogens (tertiary/aromatic N) is 1. The minimum absolute atomic E-state index is 0.170. The first kappa shape index (κ1) is 9.56. The number of carbonyl (C=O) groups is 1. The van der Waals surface area contributed by atoms with Gasteiger partial charge in [0.25, 0.3) is 0 Å². The summed E-state index contributed by atoms with van der Waals surface area (Å²) in [6, 6.07) is 0. The first-order valence-electron chi connectivity index (χ1n) is 4.50. The predicted molar refractivity (Wildman–Crippen MR) is 49.8 cm³/mol. The quantitative estimate of drug-likeness (QED) is 0.542. The average molecular weight is 169 g/mol. The van der Waals surface area contributed by atoms with Crippen LogP contribution < -0.4 is 0 Å². The number of hydrogen-bond donors (Lipinski definition) is 0. The van der Waals surface area contributed by atoms with Gasteiger partial charge in [-0.15, -0.1) is 0 Å². The molecule has 70 valence electrons. The van der Waals surface area contributed by atoms with Gasteiger partial charge in [0.05, 0.1) is 0 Å². The van der Waals surface area contributed by atoms with Gasteiger partial charge < -0.3 is 4.90 Å². The molecule has 0 saturated carbocycles. The fourth-order valence-corrected chi connectivity index (χ4v) is 2.56. The minimum atomic E-state index is -0.170. The van der Waals surface area contributed by atoms with Gasteiger partial charge in [0.1, 0.15) is 0 Å². The first-order chi connectivity index (χ1) is 5.25. The van der Waals surface area contributed by atoms with Crippen LogP contribution in [0.3, 0.4) is 0 Å². The van der Waals surface area contributed by atoms with Gasteiger partial charge in [-0.2, -0.15) is 0 Å². The standard InChI is InChI=1S/C10H19NO/c1-9(2)6-10(3,4)8(12)11(5)7-9/h6-7H2,1-5H3. The highest BCUT2D eigenvalue weighted by Crippen LogP contribution is 2.39. The maximum atomic E-state index is 11.7. The van der Waals surface area contributed by atoms with Crippen molar-refractivity contribution >= 4 is 5.91 Å². The van der Waals surface area contributed by atoms with Gasteiger partial charge >= 0.3 is 0 Å². The van der Waals surface area contributed by atoms with Gasteiger partial charge in [0, 0.05) is 19.0 Å². The van der Waals surface area contributed by atoms with Crippen LogP contribution in [0, 0.1) is 10.8 Å². The number of likely N-dealkylation sites (tertiary alicyclic amines) is 1. The largest absolute Gasteiger partial charge is 0.345 e. The minimum Gasteiger partial charge on any atom is -0.345 e. The van der Waals surface area contributed by atoms with Crippen molar-refractivity contribution < 1.29 is 4.79 Å². The fourth-order valence-electron chi connectivity index (χ4n) is 2.56. The van der Waals surface area contributed by atoms with Crippen molar-refractivity contribution in [2.45, 2.75) is 34.1 Å². The third-order valence-electron chi connectivity index (χ3n) is 2.51. The monoisotopic (exact) mass is 169 g/mol. The molecule has 1 rings (SSSR count). The summed E-state index contributed by atoms with van der Waals surface area (Å²) in [5.41, 5.74) is 0.0999. The van der Waals surface area contributed by atoms with E-state index in [1.165, 1.54) is 0 Å². The molecule has 1 saturated heterocycles. The fraction of sp³-hybridized carbons (Fsp3) is 0.900. The summed E-state index contributed by atoms with van der Waals surface area (Å²) in [4.78, 5) is 13.5. The van der Waals surface area contributed by atoms with E-state index in [0.29, 0.717) is 0 Å². The molecule has 1 heterocycles. The normalized spacial score (nSPS) is 27.4. The van der Waals surface area contributed by atoms with E-state index in [0.717, 1.165) is 13.0 Å². The van der Waals surface area contributed by atoms with Gasteiger partial charge in [-0.1, -0.05) is 27.7 Å².